The summed E-state index contributed by atoms with van der Waals surface area (Å²) >= 11 is 1.93. The molecule has 1 heterocycles. The fourth-order valence-corrected chi connectivity index (χ4v) is 2.54. The second-order valence-corrected chi connectivity index (χ2v) is 5.49. The van der Waals surface area contributed by atoms with Crippen molar-refractivity contribution in [3.63, 3.8) is 0 Å². The smallest absolute Gasteiger partial charge is 0.321 e. The minimum atomic E-state index is -0.883. The van der Waals surface area contributed by atoms with Gasteiger partial charge in [0.1, 0.15) is 5.82 Å². The van der Waals surface area contributed by atoms with E-state index in [1.54, 1.807) is 0 Å². The fraction of sp³-hybridized carbons (Fsp3) is 0.333. The average Bonchev–Trinajstić information content (AvgIpc) is 2.82. The van der Waals surface area contributed by atoms with E-state index in [4.69, 9.17) is 5.11 Å². The molecule has 0 saturated carbocycles. The first kappa shape index (κ1) is 14.0. The van der Waals surface area contributed by atoms with Crippen LogP contribution in [0.5, 0.6) is 0 Å². The number of hydrogen-bond donors (Lipinski definition) is 2. The Hall–Kier alpha value is -1.38. The molecule has 0 radical (unpaired) electrons. The Labute approximate surface area is 122 Å². The largest absolute Gasteiger partial charge is 0.481 e. The number of nitrogens with one attached hydrogen (secondary N) is 1. The zero-order chi connectivity index (χ0) is 14.0. The van der Waals surface area contributed by atoms with Gasteiger partial charge >= 0.3 is 12.0 Å². The molecule has 1 aliphatic heterocycles. The number of carboxylic acid groups (broad SMARTS) is 1. The van der Waals surface area contributed by atoms with Crippen molar-refractivity contribution in [2.24, 2.45) is 5.92 Å². The van der Waals surface area contributed by atoms with Crippen molar-refractivity contribution in [2.45, 2.75) is 6.42 Å². The summed E-state index contributed by atoms with van der Waals surface area (Å²) in [6.07, 6.45) is 0.462. The number of halogens is 2. The van der Waals surface area contributed by atoms with Crippen molar-refractivity contribution in [1.82, 2.24) is 4.90 Å². The van der Waals surface area contributed by atoms with Gasteiger partial charge in [0.25, 0.3) is 0 Å². The Morgan fingerprint density at radius 1 is 1.47 bits per heavy atom. The van der Waals surface area contributed by atoms with Crippen LogP contribution in [-0.4, -0.2) is 35.1 Å². The lowest BCUT2D eigenvalue weighted by molar-refractivity contribution is -0.141. The zero-order valence-corrected chi connectivity index (χ0v) is 12.1. The standard InChI is InChI=1S/C12H12FIN2O3/c13-8-1-2-10(9(14)5-8)15-12(19)16-4-3-7(6-16)11(17)18/h1-2,5,7H,3-4,6H2,(H,15,19)(H,17,18). The van der Waals surface area contributed by atoms with Crippen molar-refractivity contribution in [1.29, 1.82) is 0 Å². The van der Waals surface area contributed by atoms with E-state index < -0.39 is 11.9 Å². The normalized spacial score (nSPS) is 18.4. The molecule has 7 heteroatoms. The predicted octanol–water partition coefficient (Wildman–Crippen LogP) is 2.37. The van der Waals surface area contributed by atoms with Crippen molar-refractivity contribution in [2.75, 3.05) is 18.4 Å². The van der Waals surface area contributed by atoms with Crippen molar-refractivity contribution in [3.05, 3.63) is 27.6 Å². The monoisotopic (exact) mass is 378 g/mol. The van der Waals surface area contributed by atoms with E-state index in [1.807, 2.05) is 22.6 Å². The van der Waals surface area contributed by atoms with Gasteiger partial charge in [-0.15, -0.1) is 0 Å². The number of nitrogens with zero attached hydrogens (tertiary/aromatic N) is 1. The lowest BCUT2D eigenvalue weighted by Crippen LogP contribution is -2.34. The molecule has 0 aromatic heterocycles. The molecule has 1 aromatic rings. The second-order valence-electron chi connectivity index (χ2n) is 4.32. The molecule has 1 aliphatic rings. The number of carboxylic acids is 1. The van der Waals surface area contributed by atoms with Gasteiger partial charge in [-0.1, -0.05) is 0 Å². The number of urea groups is 1. The number of carbonyl (C=O) groups is 2. The minimum absolute atomic E-state index is 0.207. The highest BCUT2D eigenvalue weighted by molar-refractivity contribution is 14.1. The maximum atomic E-state index is 12.9. The summed E-state index contributed by atoms with van der Waals surface area (Å²) in [5.74, 6) is -1.75. The highest BCUT2D eigenvalue weighted by Crippen LogP contribution is 2.21. The average molecular weight is 378 g/mol. The summed E-state index contributed by atoms with van der Waals surface area (Å²) in [5.41, 5.74) is 0.519. The van der Waals surface area contributed by atoms with Crippen molar-refractivity contribution in [3.8, 4) is 0 Å². The van der Waals surface area contributed by atoms with Gasteiger partial charge in [-0.05, 0) is 47.2 Å². The Balaban J connectivity index is 2.00. The second kappa shape index (κ2) is 5.72. The summed E-state index contributed by atoms with van der Waals surface area (Å²) in [7, 11) is 0. The van der Waals surface area contributed by atoms with Gasteiger partial charge in [-0.2, -0.15) is 0 Å². The SMILES string of the molecule is O=C(O)C1CCN(C(=O)Nc2ccc(F)cc2I)C1. The van der Waals surface area contributed by atoms with Gasteiger partial charge in [0.15, 0.2) is 0 Å². The lowest BCUT2D eigenvalue weighted by Gasteiger charge is -2.17. The van der Waals surface area contributed by atoms with Gasteiger partial charge in [0.05, 0.1) is 11.6 Å². The molecule has 102 valence electrons. The molecule has 0 bridgehead atoms. The third-order valence-electron chi connectivity index (χ3n) is 3.00. The number of carbonyl (C=O) groups excluding carboxylic acids is 1. The van der Waals surface area contributed by atoms with Crippen LogP contribution in [-0.2, 0) is 4.79 Å². The number of rotatable bonds is 2. The molecular formula is C12H12FIN2O3. The number of anilines is 1. The van der Waals surface area contributed by atoms with Crippen LogP contribution in [0.2, 0.25) is 0 Å². The molecule has 1 atom stereocenters. The maximum absolute atomic E-state index is 12.9. The van der Waals surface area contributed by atoms with E-state index in [1.165, 1.54) is 23.1 Å². The Bertz CT molecular complexity index is 524. The number of likely N-dealkylation sites (tertiary alicyclic amines) is 1. The Morgan fingerprint density at radius 3 is 2.79 bits per heavy atom. The zero-order valence-electron chi connectivity index (χ0n) is 9.90. The first-order chi connectivity index (χ1) is 8.97. The molecule has 5 nitrogen and oxygen atoms in total. The van der Waals surface area contributed by atoms with Crippen LogP contribution in [0.1, 0.15) is 6.42 Å². The summed E-state index contributed by atoms with van der Waals surface area (Å²) < 4.78 is 13.5. The van der Waals surface area contributed by atoms with Crippen LogP contribution < -0.4 is 5.32 Å². The van der Waals surface area contributed by atoms with Crippen LogP contribution >= 0.6 is 22.6 Å². The third-order valence-corrected chi connectivity index (χ3v) is 3.89. The van der Waals surface area contributed by atoms with Gasteiger partial charge in [0, 0.05) is 16.7 Å². The molecule has 1 fully saturated rings. The highest BCUT2D eigenvalue weighted by Gasteiger charge is 2.30. The molecule has 19 heavy (non-hydrogen) atoms. The first-order valence-electron chi connectivity index (χ1n) is 5.71. The van der Waals surface area contributed by atoms with Crippen LogP contribution in [0.4, 0.5) is 14.9 Å². The fourth-order valence-electron chi connectivity index (χ4n) is 1.93. The predicted molar refractivity (Wildman–Crippen MR) is 75.5 cm³/mol. The molecule has 1 aromatic carbocycles. The van der Waals surface area contributed by atoms with Crippen LogP contribution in [0, 0.1) is 15.3 Å². The van der Waals surface area contributed by atoms with E-state index in [9.17, 15) is 14.0 Å². The number of amides is 2. The summed E-state index contributed by atoms with van der Waals surface area (Å²) in [6, 6.07) is 3.72. The molecule has 1 unspecified atom stereocenters. The van der Waals surface area contributed by atoms with Crippen LogP contribution in [0.3, 0.4) is 0 Å². The number of benzene rings is 1. The van der Waals surface area contributed by atoms with Gasteiger partial charge < -0.3 is 15.3 Å². The van der Waals surface area contributed by atoms with Gasteiger partial charge in [-0.3, -0.25) is 4.79 Å². The van der Waals surface area contributed by atoms with Crippen LogP contribution in [0.25, 0.3) is 0 Å². The van der Waals surface area contributed by atoms with E-state index >= 15 is 0 Å². The van der Waals surface area contributed by atoms with Gasteiger partial charge in [-0.25, -0.2) is 9.18 Å². The first-order valence-corrected chi connectivity index (χ1v) is 6.79. The van der Waals surface area contributed by atoms with Crippen LogP contribution in [0.15, 0.2) is 18.2 Å². The van der Waals surface area contributed by atoms with E-state index in [2.05, 4.69) is 5.32 Å². The molecule has 2 N–H and O–H groups in total. The highest BCUT2D eigenvalue weighted by atomic mass is 127. The topological polar surface area (TPSA) is 69.6 Å². The number of hydrogen-bond acceptors (Lipinski definition) is 2. The van der Waals surface area contributed by atoms with E-state index in [0.29, 0.717) is 22.2 Å². The number of aliphatic carboxylic acids is 1. The lowest BCUT2D eigenvalue weighted by atomic mass is 10.1. The quantitative estimate of drug-likeness (QED) is 0.777. The summed E-state index contributed by atoms with van der Waals surface area (Å²) in [4.78, 5) is 24.2. The molecular weight excluding hydrogens is 366 g/mol. The summed E-state index contributed by atoms with van der Waals surface area (Å²) in [5, 5.41) is 11.5. The third kappa shape index (κ3) is 3.34. The molecule has 1 saturated heterocycles. The maximum Gasteiger partial charge on any atom is 0.321 e. The Kier molecular flexibility index (Phi) is 4.23. The minimum Gasteiger partial charge on any atom is -0.481 e. The molecule has 2 rings (SSSR count). The van der Waals surface area contributed by atoms with E-state index in [-0.39, 0.29) is 18.4 Å². The van der Waals surface area contributed by atoms with Crippen molar-refractivity contribution >= 4 is 40.3 Å². The van der Waals surface area contributed by atoms with Gasteiger partial charge in [0.2, 0.25) is 0 Å². The van der Waals surface area contributed by atoms with Crippen molar-refractivity contribution < 1.29 is 19.1 Å². The van der Waals surface area contributed by atoms with E-state index in [0.717, 1.165) is 0 Å². The molecule has 0 spiro atoms. The summed E-state index contributed by atoms with van der Waals surface area (Å²) in [6.45, 7) is 0.625. The Morgan fingerprint density at radius 2 is 2.21 bits per heavy atom. The molecule has 0 aliphatic carbocycles. The molecule has 2 amide bonds.